The number of hydrogen-bond donors (Lipinski definition) is 0. The molecule has 0 spiro atoms. The van der Waals surface area contributed by atoms with E-state index in [1.807, 2.05) is 24.3 Å². The third-order valence-electron chi connectivity index (χ3n) is 10.9. The van der Waals surface area contributed by atoms with Crippen molar-refractivity contribution >= 4 is 24.3 Å². The summed E-state index contributed by atoms with van der Waals surface area (Å²) in [5, 5.41) is 0. The molecule has 53 heavy (non-hydrogen) atoms. The Morgan fingerprint density at radius 2 is 0.792 bits per heavy atom. The van der Waals surface area contributed by atoms with Crippen LogP contribution in [0.4, 0.5) is 17.6 Å². The maximum absolute atomic E-state index is 12.2. The number of benzene rings is 4. The topological polar surface area (TPSA) is 18.5 Å². The van der Waals surface area contributed by atoms with Crippen molar-refractivity contribution in [3.63, 3.8) is 0 Å². The number of halogens is 4. The van der Waals surface area contributed by atoms with E-state index in [-0.39, 0.29) is 11.5 Å². The minimum absolute atomic E-state index is 0.180. The van der Waals surface area contributed by atoms with Crippen molar-refractivity contribution in [1.82, 2.24) is 0 Å². The number of rotatable bonds is 13. The fraction of sp³-hybridized carbons (Fsp3) is 0.404. The summed E-state index contributed by atoms with van der Waals surface area (Å²) in [6, 6.07) is 31.0. The maximum atomic E-state index is 12.2. The first-order valence-corrected chi connectivity index (χ1v) is 19.4. The van der Waals surface area contributed by atoms with Crippen LogP contribution >= 0.6 is 0 Å². The van der Waals surface area contributed by atoms with Crippen LogP contribution in [0.1, 0.15) is 130 Å². The first-order chi connectivity index (χ1) is 25.8. The molecule has 0 unspecified atom stereocenters. The molecule has 0 aliphatic heterocycles. The summed E-state index contributed by atoms with van der Waals surface area (Å²) in [7, 11) is 0. The highest BCUT2D eigenvalue weighted by atomic mass is 19.3. The van der Waals surface area contributed by atoms with Gasteiger partial charge in [0.05, 0.1) is 0 Å². The minimum atomic E-state index is -2.79. The van der Waals surface area contributed by atoms with Crippen molar-refractivity contribution in [2.45, 2.75) is 110 Å². The molecule has 6 heteroatoms. The van der Waals surface area contributed by atoms with Gasteiger partial charge in [-0.3, -0.25) is 0 Å². The van der Waals surface area contributed by atoms with Crippen LogP contribution in [0, 0.1) is 11.8 Å². The Morgan fingerprint density at radius 3 is 1.09 bits per heavy atom. The SMILES string of the molecule is CCC[C@H]1CC[C@H](c2ccc(C=Cc3ccc(OC(F)F)cc3)cc2)CC1.CC[C@H]1CC[C@H](c2ccc(C=Cc3ccc(OC(F)F)cc3)cc2)CC1. The zero-order valence-electron chi connectivity index (χ0n) is 31.1. The highest BCUT2D eigenvalue weighted by molar-refractivity contribution is 5.70. The normalized spacial score (nSPS) is 20.5. The molecule has 6 rings (SSSR count). The summed E-state index contributed by atoms with van der Waals surface area (Å²) < 4.78 is 57.4. The molecule has 0 atom stereocenters. The Morgan fingerprint density at radius 1 is 0.472 bits per heavy atom. The highest BCUT2D eigenvalue weighted by Crippen LogP contribution is 2.38. The van der Waals surface area contributed by atoms with Crippen LogP contribution in [0.5, 0.6) is 11.5 Å². The molecule has 4 aromatic carbocycles. The van der Waals surface area contributed by atoms with Gasteiger partial charge in [0.1, 0.15) is 11.5 Å². The van der Waals surface area contributed by atoms with E-state index in [0.29, 0.717) is 11.8 Å². The standard InChI is InChI=1S/C24H28F2O.C23H26F2O/c1-2-3-18-6-12-21(13-7-18)22-14-8-19(9-15-22)4-5-20-10-16-23(17-11-20)27-24(25)26;1-2-17-5-11-20(12-6-17)21-13-7-18(8-14-21)3-4-19-9-15-22(16-10-19)26-23(24)25/h4-5,8-11,14-18,21,24H,2-3,6-7,12-13H2,1H3;3-4,7-10,13-17,20,23H,2,5-6,11-12H2,1H3/t18-,21-;17-,20-. The lowest BCUT2D eigenvalue weighted by Gasteiger charge is -2.28. The van der Waals surface area contributed by atoms with Gasteiger partial charge in [0.15, 0.2) is 0 Å². The van der Waals surface area contributed by atoms with Gasteiger partial charge in [0.25, 0.3) is 0 Å². The molecule has 0 heterocycles. The highest BCUT2D eigenvalue weighted by Gasteiger charge is 2.22. The van der Waals surface area contributed by atoms with Crippen LogP contribution in [-0.4, -0.2) is 13.2 Å². The van der Waals surface area contributed by atoms with Gasteiger partial charge in [-0.1, -0.05) is 130 Å². The van der Waals surface area contributed by atoms with Crippen LogP contribution in [0.25, 0.3) is 24.3 Å². The molecule has 2 fully saturated rings. The van der Waals surface area contributed by atoms with E-state index in [2.05, 4.69) is 71.9 Å². The van der Waals surface area contributed by atoms with Crippen molar-refractivity contribution in [1.29, 1.82) is 0 Å². The summed E-state index contributed by atoms with van der Waals surface area (Å²) in [5.74, 6) is 3.63. The lowest BCUT2D eigenvalue weighted by atomic mass is 9.77. The van der Waals surface area contributed by atoms with E-state index < -0.39 is 13.2 Å². The Hall–Kier alpha value is -4.32. The lowest BCUT2D eigenvalue weighted by molar-refractivity contribution is -0.0505. The van der Waals surface area contributed by atoms with Crippen LogP contribution in [0.15, 0.2) is 97.1 Å². The Labute approximate surface area is 314 Å². The van der Waals surface area contributed by atoms with Crippen LogP contribution < -0.4 is 9.47 Å². The van der Waals surface area contributed by atoms with Gasteiger partial charge in [-0.2, -0.15) is 17.6 Å². The molecule has 4 aromatic rings. The zero-order valence-corrected chi connectivity index (χ0v) is 31.1. The molecule has 0 amide bonds. The average Bonchev–Trinajstić information content (AvgIpc) is 3.18. The van der Waals surface area contributed by atoms with Gasteiger partial charge in [0.2, 0.25) is 0 Å². The minimum Gasteiger partial charge on any atom is -0.435 e. The molecule has 2 aliphatic carbocycles. The molecule has 0 aromatic heterocycles. The van der Waals surface area contributed by atoms with E-state index in [1.165, 1.54) is 81.8 Å². The Balaban J connectivity index is 0.000000204. The second kappa shape index (κ2) is 20.8. The average molecular weight is 727 g/mol. The van der Waals surface area contributed by atoms with Crippen molar-refractivity contribution in [2.75, 3.05) is 0 Å². The van der Waals surface area contributed by atoms with E-state index >= 15 is 0 Å². The molecule has 0 radical (unpaired) electrons. The second-order valence-electron chi connectivity index (χ2n) is 14.5. The summed E-state index contributed by atoms with van der Waals surface area (Å²) >= 11 is 0. The smallest absolute Gasteiger partial charge is 0.387 e. The molecular weight excluding hydrogens is 673 g/mol. The van der Waals surface area contributed by atoms with Crippen LogP contribution in [-0.2, 0) is 0 Å². The molecular formula is C47H54F4O2. The zero-order chi connectivity index (χ0) is 37.4. The third kappa shape index (κ3) is 13.2. The molecule has 0 bridgehead atoms. The molecule has 282 valence electrons. The lowest BCUT2D eigenvalue weighted by Crippen LogP contribution is -2.13. The van der Waals surface area contributed by atoms with Gasteiger partial charge < -0.3 is 9.47 Å². The van der Waals surface area contributed by atoms with Gasteiger partial charge in [-0.25, -0.2) is 0 Å². The van der Waals surface area contributed by atoms with E-state index in [1.54, 1.807) is 48.5 Å². The third-order valence-corrected chi connectivity index (χ3v) is 10.9. The number of hydrogen-bond acceptors (Lipinski definition) is 2. The second-order valence-corrected chi connectivity index (χ2v) is 14.5. The van der Waals surface area contributed by atoms with Crippen molar-refractivity contribution in [3.8, 4) is 11.5 Å². The van der Waals surface area contributed by atoms with Crippen LogP contribution in [0.3, 0.4) is 0 Å². The summed E-state index contributed by atoms with van der Waals surface area (Å²) in [5.41, 5.74) is 7.10. The number of ether oxygens (including phenoxy) is 2. The van der Waals surface area contributed by atoms with Gasteiger partial charge in [-0.05, 0) is 133 Å². The molecule has 2 aliphatic rings. The summed E-state index contributed by atoms with van der Waals surface area (Å²) in [6.45, 7) is -0.992. The van der Waals surface area contributed by atoms with Crippen LogP contribution in [0.2, 0.25) is 0 Å². The monoisotopic (exact) mass is 726 g/mol. The van der Waals surface area contributed by atoms with Crippen molar-refractivity contribution in [3.05, 3.63) is 130 Å². The van der Waals surface area contributed by atoms with Gasteiger partial charge in [-0.15, -0.1) is 0 Å². The number of alkyl halides is 4. The maximum Gasteiger partial charge on any atom is 0.387 e. The van der Waals surface area contributed by atoms with Crippen molar-refractivity contribution in [2.24, 2.45) is 11.8 Å². The van der Waals surface area contributed by atoms with E-state index in [9.17, 15) is 17.6 Å². The first-order valence-electron chi connectivity index (χ1n) is 19.4. The van der Waals surface area contributed by atoms with E-state index in [4.69, 9.17) is 0 Å². The van der Waals surface area contributed by atoms with Crippen molar-refractivity contribution < 1.29 is 27.0 Å². The largest absolute Gasteiger partial charge is 0.435 e. The first kappa shape index (κ1) is 39.9. The molecule has 2 saturated carbocycles. The fourth-order valence-electron chi connectivity index (χ4n) is 7.76. The quantitative estimate of drug-likeness (QED) is 0.101. The Kier molecular flexibility index (Phi) is 15.6. The van der Waals surface area contributed by atoms with Gasteiger partial charge >= 0.3 is 13.2 Å². The predicted molar refractivity (Wildman–Crippen MR) is 211 cm³/mol. The van der Waals surface area contributed by atoms with Gasteiger partial charge in [0, 0.05) is 0 Å². The fourth-order valence-corrected chi connectivity index (χ4v) is 7.76. The predicted octanol–water partition coefficient (Wildman–Crippen LogP) is 14.7. The Bertz CT molecular complexity index is 1660. The summed E-state index contributed by atoms with van der Waals surface area (Å²) in [6.07, 6.45) is 22.7. The molecule has 2 nitrogen and oxygen atoms in total. The molecule has 0 saturated heterocycles. The summed E-state index contributed by atoms with van der Waals surface area (Å²) in [4.78, 5) is 0. The molecule has 0 N–H and O–H groups in total. The van der Waals surface area contributed by atoms with E-state index in [0.717, 1.165) is 34.1 Å².